The molecule has 0 aliphatic carbocycles. The number of Topliss-reactive ketones (excluding diaryl/α,β-unsaturated/α-hetero) is 1. The molecule has 1 fully saturated rings. The van der Waals surface area contributed by atoms with Gasteiger partial charge in [0.15, 0.2) is 4.34 Å². The van der Waals surface area contributed by atoms with Crippen molar-refractivity contribution in [2.24, 2.45) is 0 Å². The van der Waals surface area contributed by atoms with Crippen molar-refractivity contribution >= 4 is 45.7 Å². The first-order valence-electron chi connectivity index (χ1n) is 12.3. The van der Waals surface area contributed by atoms with Crippen molar-refractivity contribution in [2.45, 2.75) is 23.1 Å². The summed E-state index contributed by atoms with van der Waals surface area (Å²) in [6, 6.07) is 19.1. The lowest BCUT2D eigenvalue weighted by molar-refractivity contribution is -0.132. The summed E-state index contributed by atoms with van der Waals surface area (Å²) < 4.78 is 19.7. The summed E-state index contributed by atoms with van der Waals surface area (Å²) in [5, 5.41) is 19.9. The highest BCUT2D eigenvalue weighted by molar-refractivity contribution is 8.00. The van der Waals surface area contributed by atoms with Gasteiger partial charge in [-0.2, -0.15) is 0 Å². The lowest BCUT2D eigenvalue weighted by Crippen LogP contribution is -2.29. The van der Waals surface area contributed by atoms with Crippen molar-refractivity contribution in [1.29, 1.82) is 0 Å². The number of ether oxygens (including phenoxy) is 1. The van der Waals surface area contributed by atoms with Gasteiger partial charge in [-0.1, -0.05) is 77.7 Å². The highest BCUT2D eigenvalue weighted by Gasteiger charge is 2.48. The number of aromatic nitrogens is 2. The second-order valence-electron chi connectivity index (χ2n) is 8.97. The van der Waals surface area contributed by atoms with Crippen LogP contribution in [-0.4, -0.2) is 33.6 Å². The van der Waals surface area contributed by atoms with Gasteiger partial charge < -0.3 is 9.84 Å². The van der Waals surface area contributed by atoms with E-state index in [2.05, 4.69) is 16.8 Å². The van der Waals surface area contributed by atoms with Crippen LogP contribution in [0.2, 0.25) is 0 Å². The summed E-state index contributed by atoms with van der Waals surface area (Å²) in [7, 11) is 0. The van der Waals surface area contributed by atoms with Gasteiger partial charge in [0.1, 0.15) is 23.9 Å². The van der Waals surface area contributed by atoms with E-state index in [1.807, 2.05) is 31.2 Å². The molecule has 202 valence electrons. The molecule has 0 radical (unpaired) electrons. The number of ketones is 1. The fourth-order valence-electron chi connectivity index (χ4n) is 4.20. The van der Waals surface area contributed by atoms with Crippen molar-refractivity contribution in [3.63, 3.8) is 0 Å². The number of anilines is 1. The average Bonchev–Trinajstić information content (AvgIpc) is 3.54. The van der Waals surface area contributed by atoms with Gasteiger partial charge in [0.2, 0.25) is 5.13 Å². The van der Waals surface area contributed by atoms with Gasteiger partial charge >= 0.3 is 5.91 Å². The Labute approximate surface area is 238 Å². The zero-order chi connectivity index (χ0) is 28.2. The van der Waals surface area contributed by atoms with Crippen LogP contribution < -0.4 is 9.64 Å². The minimum Gasteiger partial charge on any atom is -0.507 e. The Balaban J connectivity index is 1.52. The molecule has 4 aromatic rings. The smallest absolute Gasteiger partial charge is 0.301 e. The second kappa shape index (κ2) is 11.8. The van der Waals surface area contributed by atoms with Gasteiger partial charge in [0.05, 0.1) is 11.6 Å². The van der Waals surface area contributed by atoms with Crippen molar-refractivity contribution in [1.82, 2.24) is 10.2 Å². The zero-order valence-corrected chi connectivity index (χ0v) is 23.0. The molecular weight excluding hydrogens is 549 g/mol. The average molecular weight is 574 g/mol. The van der Waals surface area contributed by atoms with E-state index in [0.29, 0.717) is 28.0 Å². The molecular formula is C30H24FN3O4S2. The first-order valence-corrected chi connectivity index (χ1v) is 14.1. The maximum absolute atomic E-state index is 13.5. The predicted octanol–water partition coefficient (Wildman–Crippen LogP) is 6.47. The third kappa shape index (κ3) is 5.68. The molecule has 2 heterocycles. The van der Waals surface area contributed by atoms with E-state index in [-0.39, 0.29) is 16.3 Å². The summed E-state index contributed by atoms with van der Waals surface area (Å²) in [5.74, 6) is -1.38. The number of amides is 1. The molecule has 0 saturated carbocycles. The Morgan fingerprint density at radius 3 is 2.45 bits per heavy atom. The summed E-state index contributed by atoms with van der Waals surface area (Å²) in [6.45, 7) is 5.98. The molecule has 1 aliphatic rings. The summed E-state index contributed by atoms with van der Waals surface area (Å²) >= 11 is 2.66. The van der Waals surface area contributed by atoms with Gasteiger partial charge in [-0.05, 0) is 54.4 Å². The number of aliphatic hydroxyl groups is 1. The van der Waals surface area contributed by atoms with Crippen molar-refractivity contribution in [2.75, 3.05) is 11.5 Å². The van der Waals surface area contributed by atoms with Gasteiger partial charge in [-0.25, -0.2) is 4.39 Å². The van der Waals surface area contributed by atoms with E-state index in [1.165, 1.54) is 57.8 Å². The van der Waals surface area contributed by atoms with Crippen LogP contribution in [0.1, 0.15) is 28.3 Å². The molecule has 1 aliphatic heterocycles. The first-order chi connectivity index (χ1) is 19.4. The molecule has 1 unspecified atom stereocenters. The normalized spacial score (nSPS) is 16.4. The number of carbonyl (C=O) groups is 2. The molecule has 5 rings (SSSR count). The second-order valence-corrected chi connectivity index (χ2v) is 11.1. The number of hydrogen-bond donors (Lipinski definition) is 1. The van der Waals surface area contributed by atoms with Crippen LogP contribution in [0.5, 0.6) is 5.75 Å². The Hall–Kier alpha value is -4.28. The van der Waals surface area contributed by atoms with Crippen molar-refractivity contribution < 1.29 is 23.8 Å². The molecule has 0 spiro atoms. The number of nitrogens with zero attached hydrogens (tertiary/aromatic N) is 3. The molecule has 1 amide bonds. The maximum Gasteiger partial charge on any atom is 0.301 e. The number of carbonyl (C=O) groups excluding carboxylic acids is 2. The highest BCUT2D eigenvalue weighted by Crippen LogP contribution is 2.44. The first kappa shape index (κ1) is 27.3. The van der Waals surface area contributed by atoms with Gasteiger partial charge in [-0.3, -0.25) is 14.5 Å². The predicted molar refractivity (Wildman–Crippen MR) is 154 cm³/mol. The minimum atomic E-state index is -0.985. The SMILES string of the molecule is C=CCOc1ccc(C2/C(=C(/O)c3ccc(F)cc3)C(=O)C(=O)N2c2nnc(SCc3ccc(C)cc3)s2)cc1. The van der Waals surface area contributed by atoms with Crippen molar-refractivity contribution in [3.8, 4) is 5.75 Å². The largest absolute Gasteiger partial charge is 0.507 e. The molecule has 1 N–H and O–H groups in total. The quantitative estimate of drug-likeness (QED) is 0.0613. The Kier molecular flexibility index (Phi) is 8.09. The molecule has 1 atom stereocenters. The number of rotatable bonds is 9. The fraction of sp³-hybridized carbons (Fsp3) is 0.133. The lowest BCUT2D eigenvalue weighted by atomic mass is 9.95. The van der Waals surface area contributed by atoms with Gasteiger partial charge in [0, 0.05) is 11.3 Å². The zero-order valence-electron chi connectivity index (χ0n) is 21.4. The molecule has 0 bridgehead atoms. The van der Waals surface area contributed by atoms with Crippen LogP contribution in [0, 0.1) is 12.7 Å². The van der Waals surface area contributed by atoms with Crippen LogP contribution in [0.25, 0.3) is 5.76 Å². The van der Waals surface area contributed by atoms with Crippen LogP contribution >= 0.6 is 23.1 Å². The number of thioether (sulfide) groups is 1. The van der Waals surface area contributed by atoms with Crippen LogP contribution in [-0.2, 0) is 15.3 Å². The standard InChI is InChI=1S/C30H24FN3O4S2/c1-3-16-38-23-14-10-20(11-15-23)25-24(26(35)21-8-12-22(31)13-9-21)27(36)28(37)34(25)29-32-33-30(40-29)39-17-19-6-4-18(2)5-7-19/h3-15,25,35H,1,16-17H2,2H3/b26-24-. The Morgan fingerprint density at radius 1 is 1.07 bits per heavy atom. The number of benzene rings is 3. The monoisotopic (exact) mass is 573 g/mol. The van der Waals surface area contributed by atoms with E-state index in [9.17, 15) is 19.1 Å². The lowest BCUT2D eigenvalue weighted by Gasteiger charge is -2.22. The summed E-state index contributed by atoms with van der Waals surface area (Å²) in [6.07, 6.45) is 1.62. The van der Waals surface area contributed by atoms with Crippen LogP contribution in [0.4, 0.5) is 9.52 Å². The summed E-state index contributed by atoms with van der Waals surface area (Å²) in [5.41, 5.74) is 2.93. The number of aliphatic hydroxyl groups excluding tert-OH is 1. The van der Waals surface area contributed by atoms with E-state index >= 15 is 0 Å². The Bertz CT molecular complexity index is 1580. The third-order valence-corrected chi connectivity index (χ3v) is 8.34. The molecule has 10 heteroatoms. The van der Waals surface area contributed by atoms with Gasteiger partial charge in [-0.15, -0.1) is 10.2 Å². The van der Waals surface area contributed by atoms with Crippen LogP contribution in [0.3, 0.4) is 0 Å². The van der Waals surface area contributed by atoms with E-state index in [0.717, 1.165) is 5.56 Å². The number of halogens is 1. The fourth-order valence-corrected chi connectivity index (χ4v) is 6.02. The molecule has 1 saturated heterocycles. The number of aryl methyl sites for hydroxylation is 1. The van der Waals surface area contributed by atoms with E-state index in [4.69, 9.17) is 4.74 Å². The molecule has 3 aromatic carbocycles. The Morgan fingerprint density at radius 2 is 1.77 bits per heavy atom. The minimum absolute atomic E-state index is 0.125. The van der Waals surface area contributed by atoms with E-state index < -0.39 is 29.3 Å². The maximum atomic E-state index is 13.5. The van der Waals surface area contributed by atoms with Crippen molar-refractivity contribution in [3.05, 3.63) is 119 Å². The molecule has 7 nitrogen and oxygen atoms in total. The van der Waals surface area contributed by atoms with Crippen LogP contribution in [0.15, 0.2) is 95.4 Å². The molecule has 40 heavy (non-hydrogen) atoms. The summed E-state index contributed by atoms with van der Waals surface area (Å²) in [4.78, 5) is 28.0. The van der Waals surface area contributed by atoms with E-state index in [1.54, 1.807) is 30.3 Å². The van der Waals surface area contributed by atoms with Gasteiger partial charge in [0.25, 0.3) is 5.78 Å². The number of hydrogen-bond acceptors (Lipinski definition) is 8. The third-order valence-electron chi connectivity index (χ3n) is 6.21. The highest BCUT2D eigenvalue weighted by atomic mass is 32.2. The molecule has 1 aromatic heterocycles. The topological polar surface area (TPSA) is 92.6 Å².